The second-order valence-corrected chi connectivity index (χ2v) is 7.74. The fourth-order valence-electron chi connectivity index (χ4n) is 2.38. The highest BCUT2D eigenvalue weighted by molar-refractivity contribution is 7.86. The molecule has 0 aliphatic carbocycles. The summed E-state index contributed by atoms with van der Waals surface area (Å²) in [6.45, 7) is 4.05. The Kier molecular flexibility index (Phi) is 5.36. The third-order valence-electron chi connectivity index (χ3n) is 3.22. The zero-order chi connectivity index (χ0) is 17.3. The van der Waals surface area contributed by atoms with E-state index in [4.69, 9.17) is 4.74 Å². The molecule has 0 N–H and O–H groups in total. The van der Waals surface area contributed by atoms with Crippen LogP contribution in [-0.2, 0) is 15.0 Å². The molecule has 2 atom stereocenters. The summed E-state index contributed by atoms with van der Waals surface area (Å²) in [6.07, 6.45) is -5.97. The largest absolute Gasteiger partial charge is 0.444 e. The summed E-state index contributed by atoms with van der Waals surface area (Å²) >= 11 is 0. The van der Waals surface area contributed by atoms with E-state index in [9.17, 15) is 30.3 Å². The van der Waals surface area contributed by atoms with Crippen molar-refractivity contribution < 1.29 is 35.0 Å². The number of halogens is 4. The van der Waals surface area contributed by atoms with Crippen LogP contribution in [-0.4, -0.2) is 50.0 Å². The lowest BCUT2D eigenvalue weighted by atomic mass is 9.86. The van der Waals surface area contributed by atoms with Crippen LogP contribution < -0.4 is 0 Å². The monoisotopic (exact) mass is 349 g/mol. The molecule has 1 amide bonds. The van der Waals surface area contributed by atoms with Crippen LogP contribution in [0.1, 0.15) is 27.2 Å². The molecule has 22 heavy (non-hydrogen) atoms. The second-order valence-electron chi connectivity index (χ2n) is 6.33. The Morgan fingerprint density at radius 1 is 1.27 bits per heavy atom. The van der Waals surface area contributed by atoms with Crippen LogP contribution in [0.4, 0.5) is 21.9 Å². The summed E-state index contributed by atoms with van der Waals surface area (Å²) in [6, 6.07) is 0. The molecule has 0 aromatic heterocycles. The van der Waals surface area contributed by atoms with E-state index in [0.29, 0.717) is 0 Å². The van der Waals surface area contributed by atoms with Gasteiger partial charge in [-0.05, 0) is 27.2 Å². The topological polar surface area (TPSA) is 63.7 Å². The first kappa shape index (κ1) is 19.0. The molecule has 1 aliphatic heterocycles. The molecule has 2 unspecified atom stereocenters. The smallest absolute Gasteiger partial charge is 0.410 e. The lowest BCUT2D eigenvalue weighted by molar-refractivity contribution is -0.197. The molecule has 1 rings (SSSR count). The van der Waals surface area contributed by atoms with Crippen LogP contribution in [0.2, 0.25) is 0 Å². The number of carbonyl (C=O) groups excluding carboxylic acids is 1. The zero-order valence-electron chi connectivity index (χ0n) is 12.5. The Morgan fingerprint density at radius 3 is 2.23 bits per heavy atom. The van der Waals surface area contributed by atoms with Gasteiger partial charge in [0.1, 0.15) is 5.60 Å². The third kappa shape index (κ3) is 5.98. The maximum atomic E-state index is 12.9. The van der Waals surface area contributed by atoms with Crippen LogP contribution in [0.5, 0.6) is 0 Å². The van der Waals surface area contributed by atoms with E-state index in [0.717, 1.165) is 4.90 Å². The number of carbonyl (C=O) groups is 1. The molecule has 1 fully saturated rings. The van der Waals surface area contributed by atoms with Crippen molar-refractivity contribution in [1.82, 2.24) is 4.90 Å². The van der Waals surface area contributed by atoms with Crippen molar-refractivity contribution in [2.45, 2.75) is 39.0 Å². The van der Waals surface area contributed by atoms with Gasteiger partial charge >= 0.3 is 22.5 Å². The van der Waals surface area contributed by atoms with Gasteiger partial charge in [-0.1, -0.05) is 0 Å². The van der Waals surface area contributed by atoms with Crippen molar-refractivity contribution in [3.8, 4) is 0 Å². The maximum Gasteiger partial charge on any atom is 0.410 e. The van der Waals surface area contributed by atoms with Gasteiger partial charge in [0.05, 0.1) is 11.7 Å². The minimum absolute atomic E-state index is 0.220. The van der Waals surface area contributed by atoms with Crippen molar-refractivity contribution in [3.05, 3.63) is 0 Å². The average Bonchev–Trinajstić information content (AvgIpc) is 2.22. The first-order chi connectivity index (χ1) is 9.69. The first-order valence-corrected chi connectivity index (χ1v) is 8.21. The average molecular weight is 349 g/mol. The number of piperidine rings is 1. The number of alkyl halides is 3. The van der Waals surface area contributed by atoms with Gasteiger partial charge in [-0.15, -0.1) is 3.89 Å². The zero-order valence-corrected chi connectivity index (χ0v) is 13.3. The molecule has 0 saturated carbocycles. The summed E-state index contributed by atoms with van der Waals surface area (Å²) in [4.78, 5) is 12.8. The van der Waals surface area contributed by atoms with E-state index in [1.165, 1.54) is 0 Å². The van der Waals surface area contributed by atoms with Crippen LogP contribution in [0.3, 0.4) is 0 Å². The molecule has 1 aliphatic rings. The van der Waals surface area contributed by atoms with E-state index >= 15 is 0 Å². The van der Waals surface area contributed by atoms with E-state index in [2.05, 4.69) is 0 Å². The number of amides is 1. The van der Waals surface area contributed by atoms with Crippen molar-refractivity contribution in [2.75, 3.05) is 18.8 Å². The second kappa shape index (κ2) is 6.21. The van der Waals surface area contributed by atoms with Gasteiger partial charge < -0.3 is 9.64 Å². The molecule has 10 heteroatoms. The number of rotatable bonds is 2. The molecular formula is C12H19F4NO4S. The summed E-state index contributed by atoms with van der Waals surface area (Å²) in [5, 5.41) is 0. The molecule has 1 heterocycles. The van der Waals surface area contributed by atoms with E-state index in [1.54, 1.807) is 20.8 Å². The van der Waals surface area contributed by atoms with E-state index in [-0.39, 0.29) is 6.54 Å². The predicted molar refractivity (Wildman–Crippen MR) is 70.4 cm³/mol. The number of hydrogen-bond donors (Lipinski definition) is 0. The highest BCUT2D eigenvalue weighted by Crippen LogP contribution is 2.39. The molecule has 0 aromatic carbocycles. The SMILES string of the molecule is CC(C)(C)OC(=O)N1CCC(C(F)(F)F)C(CS(=O)(=O)F)C1. The third-order valence-corrected chi connectivity index (χ3v) is 4.05. The van der Waals surface area contributed by atoms with Gasteiger partial charge in [0.2, 0.25) is 0 Å². The summed E-state index contributed by atoms with van der Waals surface area (Å²) in [5.74, 6) is -4.77. The Hall–Kier alpha value is -1.06. The highest BCUT2D eigenvalue weighted by atomic mass is 32.3. The van der Waals surface area contributed by atoms with Gasteiger partial charge in [0.25, 0.3) is 0 Å². The number of hydrogen-bond acceptors (Lipinski definition) is 4. The fourth-order valence-corrected chi connectivity index (χ4v) is 3.23. The number of ether oxygens (including phenoxy) is 1. The van der Waals surface area contributed by atoms with E-state index in [1.807, 2.05) is 0 Å². The van der Waals surface area contributed by atoms with Crippen LogP contribution >= 0.6 is 0 Å². The molecule has 0 spiro atoms. The normalized spacial score (nSPS) is 24.2. The van der Waals surface area contributed by atoms with Crippen LogP contribution in [0, 0.1) is 11.8 Å². The molecule has 0 radical (unpaired) electrons. The van der Waals surface area contributed by atoms with Gasteiger partial charge in [-0.25, -0.2) is 4.79 Å². The highest BCUT2D eigenvalue weighted by Gasteiger charge is 2.49. The van der Waals surface area contributed by atoms with Crippen LogP contribution in [0.25, 0.3) is 0 Å². The Balaban J connectivity index is 2.88. The molecule has 0 bridgehead atoms. The van der Waals surface area contributed by atoms with Crippen molar-refractivity contribution >= 4 is 16.3 Å². The van der Waals surface area contributed by atoms with Crippen molar-refractivity contribution in [3.63, 3.8) is 0 Å². The van der Waals surface area contributed by atoms with Crippen molar-refractivity contribution in [2.24, 2.45) is 11.8 Å². The Labute approximate surface area is 126 Å². The molecular weight excluding hydrogens is 330 g/mol. The van der Waals surface area contributed by atoms with Gasteiger partial charge in [0, 0.05) is 19.0 Å². The van der Waals surface area contributed by atoms with Gasteiger partial charge in [-0.2, -0.15) is 21.6 Å². The minimum atomic E-state index is -5.08. The Bertz CT molecular complexity index is 512. The quantitative estimate of drug-likeness (QED) is 0.568. The van der Waals surface area contributed by atoms with Crippen molar-refractivity contribution in [1.29, 1.82) is 0 Å². The lowest BCUT2D eigenvalue weighted by Crippen LogP contribution is -2.50. The van der Waals surface area contributed by atoms with E-state index < -0.39 is 58.6 Å². The number of likely N-dealkylation sites (tertiary alicyclic amines) is 1. The Morgan fingerprint density at radius 2 is 1.82 bits per heavy atom. The van der Waals surface area contributed by atoms with Crippen LogP contribution in [0.15, 0.2) is 0 Å². The standard InChI is InChI=1S/C12H19F4NO4S/c1-11(2,3)21-10(18)17-5-4-9(12(13,14)15)8(6-17)7-22(16,19)20/h8-9H,4-7H2,1-3H3. The fraction of sp³-hybridized carbons (Fsp3) is 0.917. The lowest BCUT2D eigenvalue weighted by Gasteiger charge is -2.39. The minimum Gasteiger partial charge on any atom is -0.444 e. The molecule has 0 aromatic rings. The first-order valence-electron chi connectivity index (χ1n) is 6.66. The predicted octanol–water partition coefficient (Wildman–Crippen LogP) is 2.72. The van der Waals surface area contributed by atoms with Gasteiger partial charge in [0.15, 0.2) is 0 Å². The number of nitrogens with zero attached hydrogens (tertiary/aromatic N) is 1. The molecule has 1 saturated heterocycles. The maximum absolute atomic E-state index is 12.9. The summed E-state index contributed by atoms with van der Waals surface area (Å²) in [7, 11) is -5.08. The molecule has 5 nitrogen and oxygen atoms in total. The van der Waals surface area contributed by atoms with Gasteiger partial charge in [-0.3, -0.25) is 0 Å². The molecule has 130 valence electrons. The summed E-state index contributed by atoms with van der Waals surface area (Å²) in [5.41, 5.74) is -0.834. The summed E-state index contributed by atoms with van der Waals surface area (Å²) < 4.78 is 78.0.